The van der Waals surface area contributed by atoms with E-state index in [4.69, 9.17) is 4.42 Å². The van der Waals surface area contributed by atoms with E-state index < -0.39 is 0 Å². The Kier molecular flexibility index (Phi) is 25.2. The van der Waals surface area contributed by atoms with Gasteiger partial charge in [-0.3, -0.25) is 0 Å². The number of nitrogens with zero attached hydrogens (tertiary/aromatic N) is 8. The minimum atomic E-state index is -0.197. The standard InChI is InChI=1S/C29H31N2O.C29H25N2.C29H33N2.C23H28FN2/c1-18(2)23-17-24-22-13-9-10-14-25(22)32-28(24)26(19(3)4)27(23)31-16-15-30(6)29(31)21-12-8-7-11-20(21)5;1-22-12-9-10-17-25(22)29-30(2)20-21-31(29)28-26(23-13-5-3-6-14-23)18-11-19-27(28)24-15-7-4-8-16-24;1-20(2)26-18-24(23-13-8-7-9-14-23)19-27(21(3)4)28(26)31-17-16-30(6)29(31)25-15-11-10-12-22(25)5;1-15(2)19-8-7-9-20(16(3)4)22(19)26-13-12-25(6)23(26)21-11-10-18(24)14-17(21)5/h7-19H,1-6H3;3-21H,1-2H3;7-21H,1-6H3;7-16H,1-6H3/q4*+1. The summed E-state index contributed by atoms with van der Waals surface area (Å²) in [6.45, 7) is 35.8. The van der Waals surface area contributed by atoms with Crippen LogP contribution in [0.5, 0.6) is 0 Å². The highest BCUT2D eigenvalue weighted by Gasteiger charge is 2.34. The number of benzene rings is 12. The Morgan fingerprint density at radius 1 is 0.267 bits per heavy atom. The second-order valence-electron chi connectivity index (χ2n) is 34.0. The molecule has 0 amide bonds. The van der Waals surface area contributed by atoms with Crippen LogP contribution in [-0.2, 0) is 28.2 Å². The molecule has 12 aromatic carbocycles. The first-order chi connectivity index (χ1) is 57.8. The van der Waals surface area contributed by atoms with E-state index in [1.54, 1.807) is 6.07 Å². The van der Waals surface area contributed by atoms with Crippen LogP contribution in [0.15, 0.2) is 315 Å². The smallest absolute Gasteiger partial charge is 0.294 e. The molecule has 0 atom stereocenters. The molecule has 0 bridgehead atoms. The number of hydrogen-bond donors (Lipinski definition) is 0. The molecule has 5 aromatic heterocycles. The van der Waals surface area contributed by atoms with Crippen LogP contribution in [0, 0.1) is 33.5 Å². The highest BCUT2D eigenvalue weighted by atomic mass is 19.1. The van der Waals surface area contributed by atoms with E-state index in [2.05, 4.69) is 448 Å². The van der Waals surface area contributed by atoms with Gasteiger partial charge in [-0.2, -0.15) is 18.3 Å². The molecule has 0 spiro atoms. The Morgan fingerprint density at radius 3 is 1.00 bits per heavy atom. The van der Waals surface area contributed by atoms with Gasteiger partial charge in [-0.05, 0) is 168 Å². The van der Waals surface area contributed by atoms with Gasteiger partial charge in [0.2, 0.25) is 0 Å². The lowest BCUT2D eigenvalue weighted by Crippen LogP contribution is -2.29. The summed E-state index contributed by atoms with van der Waals surface area (Å²) in [4.78, 5) is 0. The van der Waals surface area contributed by atoms with Gasteiger partial charge < -0.3 is 4.42 Å². The molecule has 0 radical (unpaired) electrons. The van der Waals surface area contributed by atoms with E-state index in [0.29, 0.717) is 35.5 Å². The number of fused-ring (bicyclic) bond motifs is 3. The van der Waals surface area contributed by atoms with Crippen LogP contribution in [0.2, 0.25) is 0 Å². The quantitative estimate of drug-likeness (QED) is 0.0838. The average molecular weight is 1590 g/mol. The van der Waals surface area contributed by atoms with E-state index in [0.717, 1.165) is 28.1 Å². The van der Waals surface area contributed by atoms with Crippen molar-refractivity contribution in [2.24, 2.45) is 28.2 Å². The van der Waals surface area contributed by atoms with E-state index >= 15 is 0 Å². The zero-order valence-corrected chi connectivity index (χ0v) is 73.8. The molecule has 0 aliphatic rings. The van der Waals surface area contributed by atoms with Crippen molar-refractivity contribution >= 4 is 21.9 Å². The van der Waals surface area contributed by atoms with Crippen LogP contribution < -0.4 is 18.3 Å². The third kappa shape index (κ3) is 16.9. The lowest BCUT2D eigenvalue weighted by Gasteiger charge is -2.20. The summed E-state index contributed by atoms with van der Waals surface area (Å²) < 4.78 is 38.3. The predicted molar refractivity (Wildman–Crippen MR) is 497 cm³/mol. The normalized spacial score (nSPS) is 11.5. The number of furan rings is 1. The topological polar surface area (TPSA) is 48.4 Å². The van der Waals surface area contributed by atoms with Gasteiger partial charge in [-0.15, -0.1) is 0 Å². The number of hydrogen-bond acceptors (Lipinski definition) is 1. The Morgan fingerprint density at radius 2 is 0.600 bits per heavy atom. The fraction of sp³-hybridized carbons (Fsp3) is 0.236. The minimum absolute atomic E-state index is 0.197. The molecule has 9 nitrogen and oxygen atoms in total. The summed E-state index contributed by atoms with van der Waals surface area (Å²) >= 11 is 0. The lowest BCUT2D eigenvalue weighted by atomic mass is 9.88. The predicted octanol–water partition coefficient (Wildman–Crippen LogP) is 26.9. The summed E-state index contributed by atoms with van der Waals surface area (Å²) in [6.07, 6.45) is 17.2. The number of aryl methyl sites for hydroxylation is 8. The van der Waals surface area contributed by atoms with Crippen molar-refractivity contribution in [1.29, 1.82) is 0 Å². The van der Waals surface area contributed by atoms with E-state index in [1.165, 1.54) is 157 Å². The fourth-order valence-electron chi connectivity index (χ4n) is 17.3. The monoisotopic (exact) mass is 1580 g/mol. The first-order valence-corrected chi connectivity index (χ1v) is 42.6. The molecule has 10 heteroatoms. The number of imidazole rings is 4. The van der Waals surface area contributed by atoms with Crippen LogP contribution in [-0.4, -0.2) is 18.3 Å². The van der Waals surface area contributed by atoms with E-state index in [-0.39, 0.29) is 5.82 Å². The average Bonchev–Trinajstić information content (AvgIpc) is 1.58. The molecule has 0 saturated carbocycles. The number of rotatable bonds is 17. The van der Waals surface area contributed by atoms with Gasteiger partial charge in [0, 0.05) is 55.3 Å². The second kappa shape index (κ2) is 36.2. The van der Waals surface area contributed by atoms with Crippen molar-refractivity contribution in [3.8, 4) is 102 Å². The summed E-state index contributed by atoms with van der Waals surface area (Å²) in [6, 6.07) is 91.6. The number of para-hydroxylation sites is 3. The fourth-order valence-corrected chi connectivity index (χ4v) is 17.3. The van der Waals surface area contributed by atoms with Crippen molar-refractivity contribution in [3.05, 3.63) is 372 Å². The molecule has 0 fully saturated rings. The second-order valence-corrected chi connectivity index (χ2v) is 34.0. The lowest BCUT2D eigenvalue weighted by molar-refractivity contribution is -0.659. The van der Waals surface area contributed by atoms with Crippen LogP contribution in [0.1, 0.15) is 174 Å². The largest absolute Gasteiger partial charge is 0.456 e. The van der Waals surface area contributed by atoms with Crippen LogP contribution in [0.3, 0.4) is 0 Å². The molecule has 0 unspecified atom stereocenters. The SMILES string of the molecule is Cc1cc(F)ccc1-c1n(-c2c(C(C)C)cccc2C(C)C)cc[n+]1C.Cc1ccccc1-c1n(-c2c(-c3ccccc3)cccc2-c2ccccc2)cc[n+]1C.Cc1ccccc1-c1n(-c2c(C(C)C)cc(-c3ccccc3)cc2C(C)C)cc[n+]1C.Cc1ccccc1-c1n(-c2c(C(C)C)cc3c(oc4ccccc43)c2C(C)C)cc[n+]1C. The first-order valence-electron chi connectivity index (χ1n) is 42.6. The Bertz CT molecular complexity index is 6360. The summed E-state index contributed by atoms with van der Waals surface area (Å²) in [7, 11) is 8.43. The van der Waals surface area contributed by atoms with Crippen molar-refractivity contribution in [2.45, 2.75) is 146 Å². The maximum absolute atomic E-state index is 13.6. The van der Waals surface area contributed by atoms with Gasteiger partial charge in [0.05, 0.1) is 50.4 Å². The van der Waals surface area contributed by atoms with E-state index in [1.807, 2.05) is 26.1 Å². The first kappa shape index (κ1) is 83.7. The Labute approximate surface area is 710 Å². The number of halogens is 1. The van der Waals surface area contributed by atoms with Crippen molar-refractivity contribution < 1.29 is 27.1 Å². The zero-order chi connectivity index (χ0) is 84.9. The third-order valence-corrected chi connectivity index (χ3v) is 23.5. The Balaban J connectivity index is 0.000000131. The summed E-state index contributed by atoms with van der Waals surface area (Å²) in [5.41, 5.74) is 32.0. The molecule has 0 aliphatic carbocycles. The van der Waals surface area contributed by atoms with Crippen LogP contribution >= 0.6 is 0 Å². The van der Waals surface area contributed by atoms with Gasteiger partial charge in [-0.25, -0.2) is 22.7 Å². The van der Waals surface area contributed by atoms with Crippen molar-refractivity contribution in [3.63, 3.8) is 0 Å². The van der Waals surface area contributed by atoms with E-state index in [9.17, 15) is 4.39 Å². The maximum Gasteiger partial charge on any atom is 0.294 e. The van der Waals surface area contributed by atoms with Crippen molar-refractivity contribution in [2.75, 3.05) is 0 Å². The molecular weight excluding hydrogens is 1470 g/mol. The Hall–Kier alpha value is -12.8. The molecule has 120 heavy (non-hydrogen) atoms. The molecule has 17 rings (SSSR count). The minimum Gasteiger partial charge on any atom is -0.456 e. The van der Waals surface area contributed by atoms with Crippen molar-refractivity contribution in [1.82, 2.24) is 18.3 Å². The maximum atomic E-state index is 13.6. The summed E-state index contributed by atoms with van der Waals surface area (Å²) in [5.74, 6) is 6.77. The van der Waals surface area contributed by atoms with Gasteiger partial charge in [0.15, 0.2) is 0 Å². The summed E-state index contributed by atoms with van der Waals surface area (Å²) in [5, 5.41) is 2.40. The van der Waals surface area contributed by atoms with Crippen LogP contribution in [0.4, 0.5) is 4.39 Å². The molecule has 0 N–H and O–H groups in total. The van der Waals surface area contributed by atoms with Gasteiger partial charge in [-0.1, -0.05) is 283 Å². The molecule has 0 saturated heterocycles. The van der Waals surface area contributed by atoms with Gasteiger partial charge in [0.1, 0.15) is 89.3 Å². The highest BCUT2D eigenvalue weighted by molar-refractivity contribution is 6.07. The third-order valence-electron chi connectivity index (χ3n) is 23.5. The van der Waals surface area contributed by atoms with Crippen LogP contribution in [0.25, 0.3) is 124 Å². The molecule has 0 aliphatic heterocycles. The molecular formula is C110H117FN8O+4. The molecule has 17 aromatic rings. The molecule has 5 heterocycles. The van der Waals surface area contributed by atoms with Gasteiger partial charge >= 0.3 is 0 Å². The zero-order valence-electron chi connectivity index (χ0n) is 73.8. The number of aromatic nitrogens is 8. The molecule has 606 valence electrons. The van der Waals surface area contributed by atoms with Gasteiger partial charge in [0.25, 0.3) is 23.3 Å². The highest BCUT2D eigenvalue weighted by Crippen LogP contribution is 2.45.